The second kappa shape index (κ2) is 6.37. The van der Waals surface area contributed by atoms with Gasteiger partial charge in [-0.25, -0.2) is 0 Å². The minimum absolute atomic E-state index is 0.360. The number of aromatic nitrogens is 2. The Bertz CT molecular complexity index is 502. The molecule has 0 saturated heterocycles. The summed E-state index contributed by atoms with van der Waals surface area (Å²) < 4.78 is 10.5. The number of hydrogen-bond acceptors (Lipinski definition) is 5. The van der Waals surface area contributed by atoms with Gasteiger partial charge in [-0.15, -0.1) is 16.7 Å². The molecule has 0 amide bonds. The number of rotatable bonds is 6. The monoisotopic (exact) mass is 267 g/mol. The molecule has 2 rings (SSSR count). The number of aryl methyl sites for hydroxylation is 1. The van der Waals surface area contributed by atoms with E-state index in [9.17, 15) is 0 Å². The third kappa shape index (κ3) is 3.21. The van der Waals surface area contributed by atoms with Gasteiger partial charge >= 0.3 is 6.01 Å². The van der Waals surface area contributed by atoms with Crippen molar-refractivity contribution in [3.8, 4) is 0 Å². The lowest BCUT2D eigenvalue weighted by Gasteiger charge is -2.07. The highest BCUT2D eigenvalue weighted by atomic mass is 35.5. The minimum atomic E-state index is 0.360. The van der Waals surface area contributed by atoms with Crippen molar-refractivity contribution < 1.29 is 9.15 Å². The fraction of sp³-hybridized carbons (Fsp3) is 0.333. The highest BCUT2D eigenvalue weighted by Crippen LogP contribution is 2.20. The third-order valence-corrected chi connectivity index (χ3v) is 2.52. The van der Waals surface area contributed by atoms with Crippen molar-refractivity contribution >= 4 is 23.3 Å². The van der Waals surface area contributed by atoms with Crippen molar-refractivity contribution in [1.82, 2.24) is 10.2 Å². The van der Waals surface area contributed by atoms with E-state index in [0.29, 0.717) is 30.8 Å². The number of halogens is 1. The SMILES string of the molecule is COCc1ccccc1Nc1nnc(CCCl)o1. The van der Waals surface area contributed by atoms with Crippen LogP contribution in [0.5, 0.6) is 0 Å². The zero-order valence-electron chi connectivity index (χ0n) is 10.0. The molecule has 6 heteroatoms. The molecule has 0 bridgehead atoms. The molecule has 0 aliphatic rings. The summed E-state index contributed by atoms with van der Waals surface area (Å²) >= 11 is 5.61. The molecule has 1 aromatic heterocycles. The summed E-state index contributed by atoms with van der Waals surface area (Å²) in [5.74, 6) is 0.985. The predicted octanol–water partition coefficient (Wildman–Crippen LogP) is 2.74. The van der Waals surface area contributed by atoms with E-state index in [0.717, 1.165) is 11.3 Å². The maximum Gasteiger partial charge on any atom is 0.320 e. The lowest BCUT2D eigenvalue weighted by molar-refractivity contribution is 0.185. The number of alkyl halides is 1. The standard InChI is InChI=1S/C12H14ClN3O2/c1-17-8-9-4-2-3-5-10(9)14-12-16-15-11(18-12)6-7-13/h2-5H,6-8H2,1H3,(H,14,16). The van der Waals surface area contributed by atoms with Crippen molar-refractivity contribution in [3.05, 3.63) is 35.7 Å². The summed E-state index contributed by atoms with van der Waals surface area (Å²) in [6.45, 7) is 0.520. The molecule has 0 aliphatic carbocycles. The maximum absolute atomic E-state index is 5.61. The van der Waals surface area contributed by atoms with Gasteiger partial charge in [0.1, 0.15) is 0 Å². The quantitative estimate of drug-likeness (QED) is 0.816. The van der Waals surface area contributed by atoms with E-state index in [1.807, 2.05) is 24.3 Å². The Morgan fingerprint density at radius 3 is 2.94 bits per heavy atom. The van der Waals surface area contributed by atoms with Crippen LogP contribution in [-0.2, 0) is 17.8 Å². The fourth-order valence-corrected chi connectivity index (χ4v) is 1.69. The maximum atomic E-state index is 5.61. The molecule has 0 saturated carbocycles. The normalized spacial score (nSPS) is 10.6. The number of hydrogen-bond donors (Lipinski definition) is 1. The van der Waals surface area contributed by atoms with Gasteiger partial charge in [-0.2, -0.15) is 0 Å². The lowest BCUT2D eigenvalue weighted by Crippen LogP contribution is -1.97. The van der Waals surface area contributed by atoms with Crippen LogP contribution >= 0.6 is 11.6 Å². The lowest BCUT2D eigenvalue weighted by atomic mass is 10.2. The second-order valence-corrected chi connectivity index (χ2v) is 4.03. The summed E-state index contributed by atoms with van der Waals surface area (Å²) in [6, 6.07) is 8.14. The largest absolute Gasteiger partial charge is 0.408 e. The predicted molar refractivity (Wildman–Crippen MR) is 69.2 cm³/mol. The van der Waals surface area contributed by atoms with Crippen molar-refractivity contribution in [3.63, 3.8) is 0 Å². The third-order valence-electron chi connectivity index (χ3n) is 2.33. The van der Waals surface area contributed by atoms with Gasteiger partial charge in [0.05, 0.1) is 6.61 Å². The van der Waals surface area contributed by atoms with Gasteiger partial charge in [-0.05, 0) is 6.07 Å². The van der Waals surface area contributed by atoms with Crippen LogP contribution in [0.3, 0.4) is 0 Å². The molecule has 5 nitrogen and oxygen atoms in total. The average molecular weight is 268 g/mol. The highest BCUT2D eigenvalue weighted by molar-refractivity contribution is 6.17. The summed E-state index contributed by atoms with van der Waals surface area (Å²) in [5, 5.41) is 10.9. The molecule has 0 unspecified atom stereocenters. The molecule has 1 N–H and O–H groups in total. The number of nitrogens with one attached hydrogen (secondary N) is 1. The van der Waals surface area contributed by atoms with Crippen LogP contribution in [0.2, 0.25) is 0 Å². The summed E-state index contributed by atoms with van der Waals surface area (Å²) in [4.78, 5) is 0. The first-order valence-corrected chi connectivity index (χ1v) is 6.09. The number of benzene rings is 1. The highest BCUT2D eigenvalue weighted by Gasteiger charge is 2.08. The summed E-state index contributed by atoms with van der Waals surface area (Å²) in [7, 11) is 1.65. The molecule has 1 aromatic carbocycles. The molecular formula is C12H14ClN3O2. The molecule has 2 aromatic rings. The van der Waals surface area contributed by atoms with E-state index in [-0.39, 0.29) is 0 Å². The number of methoxy groups -OCH3 is 1. The smallest absolute Gasteiger partial charge is 0.320 e. The van der Waals surface area contributed by atoms with Crippen LogP contribution in [0.4, 0.5) is 11.7 Å². The molecule has 0 radical (unpaired) electrons. The van der Waals surface area contributed by atoms with E-state index in [2.05, 4.69) is 15.5 Å². The molecule has 0 aliphatic heterocycles. The summed E-state index contributed by atoms with van der Waals surface area (Å²) in [6.07, 6.45) is 0.565. The van der Waals surface area contributed by atoms with Crippen molar-refractivity contribution in [2.75, 3.05) is 18.3 Å². The van der Waals surface area contributed by atoms with Crippen LogP contribution in [0.15, 0.2) is 28.7 Å². The van der Waals surface area contributed by atoms with Gasteiger partial charge in [-0.1, -0.05) is 23.3 Å². The second-order valence-electron chi connectivity index (χ2n) is 3.66. The van der Waals surface area contributed by atoms with Gasteiger partial charge in [0, 0.05) is 30.7 Å². The number of ether oxygens (including phenoxy) is 1. The van der Waals surface area contributed by atoms with Gasteiger partial charge in [0.2, 0.25) is 5.89 Å². The summed E-state index contributed by atoms with van der Waals surface area (Å²) in [5.41, 5.74) is 1.91. The molecule has 1 heterocycles. The number of para-hydroxylation sites is 1. The van der Waals surface area contributed by atoms with Crippen LogP contribution < -0.4 is 5.32 Å². The van der Waals surface area contributed by atoms with E-state index < -0.39 is 0 Å². The van der Waals surface area contributed by atoms with Gasteiger partial charge in [-0.3, -0.25) is 0 Å². The Kier molecular flexibility index (Phi) is 4.55. The Hall–Kier alpha value is -1.59. The molecule has 18 heavy (non-hydrogen) atoms. The minimum Gasteiger partial charge on any atom is -0.408 e. The van der Waals surface area contributed by atoms with Crippen LogP contribution in [-0.4, -0.2) is 23.2 Å². The van der Waals surface area contributed by atoms with Crippen molar-refractivity contribution in [2.24, 2.45) is 0 Å². The number of nitrogens with zero attached hydrogens (tertiary/aromatic N) is 2. The van der Waals surface area contributed by atoms with Gasteiger partial charge in [0.25, 0.3) is 0 Å². The molecule has 0 spiro atoms. The van der Waals surface area contributed by atoms with E-state index in [1.165, 1.54) is 0 Å². The van der Waals surface area contributed by atoms with Crippen LogP contribution in [0.25, 0.3) is 0 Å². The molecule has 0 fully saturated rings. The molecule has 0 atom stereocenters. The van der Waals surface area contributed by atoms with Gasteiger partial charge < -0.3 is 14.5 Å². The topological polar surface area (TPSA) is 60.2 Å². The van der Waals surface area contributed by atoms with Crippen LogP contribution in [0, 0.1) is 0 Å². The van der Waals surface area contributed by atoms with Gasteiger partial charge in [0.15, 0.2) is 0 Å². The van der Waals surface area contributed by atoms with E-state index in [1.54, 1.807) is 7.11 Å². The van der Waals surface area contributed by atoms with Crippen molar-refractivity contribution in [1.29, 1.82) is 0 Å². The first-order chi connectivity index (χ1) is 8.83. The average Bonchev–Trinajstić information content (AvgIpc) is 2.80. The van der Waals surface area contributed by atoms with E-state index >= 15 is 0 Å². The van der Waals surface area contributed by atoms with Crippen molar-refractivity contribution in [2.45, 2.75) is 13.0 Å². The first kappa shape index (κ1) is 12.9. The Balaban J connectivity index is 2.12. The zero-order valence-corrected chi connectivity index (χ0v) is 10.8. The van der Waals surface area contributed by atoms with Crippen LogP contribution in [0.1, 0.15) is 11.5 Å². The number of anilines is 2. The Morgan fingerprint density at radius 2 is 2.17 bits per heavy atom. The molecular weight excluding hydrogens is 254 g/mol. The fourth-order valence-electron chi connectivity index (χ4n) is 1.52. The first-order valence-electron chi connectivity index (χ1n) is 5.55. The van der Waals surface area contributed by atoms with E-state index in [4.69, 9.17) is 20.8 Å². The Labute approximate surface area is 110 Å². The molecule has 96 valence electrons. The zero-order chi connectivity index (χ0) is 12.8. The Morgan fingerprint density at radius 1 is 1.33 bits per heavy atom.